The van der Waals surface area contributed by atoms with Crippen LogP contribution in [0.4, 0.5) is 0 Å². The third-order valence-electron chi connectivity index (χ3n) is 4.46. The van der Waals surface area contributed by atoms with E-state index in [1.165, 1.54) is 0 Å². The predicted octanol–water partition coefficient (Wildman–Crippen LogP) is 2.28. The number of methoxy groups -OCH3 is 3. The lowest BCUT2D eigenvalue weighted by atomic mass is 9.93. The Labute approximate surface area is 149 Å². The Bertz CT molecular complexity index is 535. The van der Waals surface area contributed by atoms with Crippen molar-refractivity contribution in [3.8, 4) is 17.2 Å². The molecule has 1 fully saturated rings. The van der Waals surface area contributed by atoms with Gasteiger partial charge in [-0.2, -0.15) is 0 Å². The van der Waals surface area contributed by atoms with Crippen molar-refractivity contribution < 1.29 is 19.0 Å². The minimum absolute atomic E-state index is 0. The number of nitrogens with one attached hydrogen (secondary N) is 2. The maximum atomic E-state index is 12.5. The molecule has 2 N–H and O–H groups in total. The summed E-state index contributed by atoms with van der Waals surface area (Å²) in [5.74, 6) is 1.76. The summed E-state index contributed by atoms with van der Waals surface area (Å²) in [7, 11) is 4.72. The molecule has 1 aromatic carbocycles. The molecule has 24 heavy (non-hydrogen) atoms. The van der Waals surface area contributed by atoms with Crippen LogP contribution in [0.25, 0.3) is 0 Å². The fourth-order valence-electron chi connectivity index (χ4n) is 3.05. The average molecular weight is 359 g/mol. The van der Waals surface area contributed by atoms with Gasteiger partial charge in [-0.15, -0.1) is 12.4 Å². The molecule has 1 atom stereocenters. The number of halogens is 1. The lowest BCUT2D eigenvalue weighted by Gasteiger charge is -2.26. The van der Waals surface area contributed by atoms with Gasteiger partial charge in [0.2, 0.25) is 11.7 Å². The van der Waals surface area contributed by atoms with Crippen LogP contribution < -0.4 is 24.8 Å². The largest absolute Gasteiger partial charge is 0.493 e. The first-order valence-corrected chi connectivity index (χ1v) is 7.92. The molecule has 7 heteroatoms. The Morgan fingerprint density at radius 3 is 2.25 bits per heavy atom. The highest BCUT2D eigenvalue weighted by atomic mass is 35.5. The van der Waals surface area contributed by atoms with Gasteiger partial charge in [0, 0.05) is 6.54 Å². The molecule has 1 unspecified atom stereocenters. The van der Waals surface area contributed by atoms with Crippen molar-refractivity contribution in [2.24, 2.45) is 0 Å². The summed E-state index contributed by atoms with van der Waals surface area (Å²) < 4.78 is 16.0. The van der Waals surface area contributed by atoms with Crippen LogP contribution in [-0.4, -0.2) is 39.3 Å². The molecule has 0 radical (unpaired) electrons. The van der Waals surface area contributed by atoms with E-state index < -0.39 is 5.54 Å². The smallest absolute Gasteiger partial charge is 0.240 e. The quantitative estimate of drug-likeness (QED) is 0.782. The molecule has 0 aliphatic carbocycles. The number of hydrogen-bond donors (Lipinski definition) is 2. The molecule has 136 valence electrons. The van der Waals surface area contributed by atoms with Gasteiger partial charge in [0.25, 0.3) is 0 Å². The number of carbonyl (C=O) groups is 1. The summed E-state index contributed by atoms with van der Waals surface area (Å²) in [5.41, 5.74) is 0.470. The zero-order valence-corrected chi connectivity index (χ0v) is 15.5. The summed E-state index contributed by atoms with van der Waals surface area (Å²) in [4.78, 5) is 12.5. The third-order valence-corrected chi connectivity index (χ3v) is 4.46. The highest BCUT2D eigenvalue weighted by Crippen LogP contribution is 2.38. The predicted molar refractivity (Wildman–Crippen MR) is 95.5 cm³/mol. The van der Waals surface area contributed by atoms with Crippen LogP contribution in [0, 0.1) is 0 Å². The Kier molecular flexibility index (Phi) is 7.63. The fourth-order valence-corrected chi connectivity index (χ4v) is 3.05. The van der Waals surface area contributed by atoms with E-state index in [0.717, 1.165) is 31.4 Å². The molecule has 6 nitrogen and oxygen atoms in total. The van der Waals surface area contributed by atoms with E-state index in [1.54, 1.807) is 21.3 Å². The van der Waals surface area contributed by atoms with Crippen molar-refractivity contribution in [2.75, 3.05) is 27.9 Å². The second-order valence-electron chi connectivity index (χ2n) is 5.68. The number of hydrogen-bond acceptors (Lipinski definition) is 5. The molecule has 2 rings (SSSR count). The van der Waals surface area contributed by atoms with E-state index >= 15 is 0 Å². The summed E-state index contributed by atoms with van der Waals surface area (Å²) in [6, 6.07) is 3.70. The summed E-state index contributed by atoms with van der Waals surface area (Å²) in [6.45, 7) is 3.35. The topological polar surface area (TPSA) is 68.8 Å². The lowest BCUT2D eigenvalue weighted by molar-refractivity contribution is -0.127. The molecule has 0 aromatic heterocycles. The first-order valence-electron chi connectivity index (χ1n) is 7.92. The lowest BCUT2D eigenvalue weighted by Crippen LogP contribution is -2.52. The van der Waals surface area contributed by atoms with E-state index in [0.29, 0.717) is 23.8 Å². The second-order valence-corrected chi connectivity index (χ2v) is 5.68. The molecule has 1 heterocycles. The zero-order valence-electron chi connectivity index (χ0n) is 14.7. The zero-order chi connectivity index (χ0) is 16.9. The van der Waals surface area contributed by atoms with E-state index in [4.69, 9.17) is 14.2 Å². The molecule has 1 amide bonds. The number of ether oxygens (including phenoxy) is 3. The Balaban J connectivity index is 0.00000288. The van der Waals surface area contributed by atoms with Gasteiger partial charge in [-0.1, -0.05) is 6.92 Å². The number of benzene rings is 1. The molecule has 1 aliphatic rings. The van der Waals surface area contributed by atoms with Gasteiger partial charge in [-0.05, 0) is 43.5 Å². The normalized spacial score (nSPS) is 19.3. The van der Waals surface area contributed by atoms with Crippen molar-refractivity contribution in [3.05, 3.63) is 17.7 Å². The molecule has 0 bridgehead atoms. The standard InChI is InChI=1S/C17H26N2O4.ClH/c1-5-17(7-6-8-19-17)16(20)18-11-12-9-13(21-2)15(23-4)14(10-12)22-3;/h9-10,19H,5-8,11H2,1-4H3,(H,18,20);1H. The molecule has 1 aliphatic heterocycles. The molecule has 1 aromatic rings. The van der Waals surface area contributed by atoms with Crippen molar-refractivity contribution in [2.45, 2.75) is 38.3 Å². The van der Waals surface area contributed by atoms with Crippen LogP contribution in [0.2, 0.25) is 0 Å². The Morgan fingerprint density at radius 1 is 1.21 bits per heavy atom. The van der Waals surface area contributed by atoms with Gasteiger partial charge in [-0.25, -0.2) is 0 Å². The average Bonchev–Trinajstić information content (AvgIpc) is 3.08. The highest BCUT2D eigenvalue weighted by molar-refractivity contribution is 5.86. The van der Waals surface area contributed by atoms with Gasteiger partial charge in [0.1, 0.15) is 0 Å². The van der Waals surface area contributed by atoms with Crippen LogP contribution in [-0.2, 0) is 11.3 Å². The minimum Gasteiger partial charge on any atom is -0.493 e. The van der Waals surface area contributed by atoms with Crippen LogP contribution in [0.15, 0.2) is 12.1 Å². The summed E-state index contributed by atoms with van der Waals surface area (Å²) >= 11 is 0. The van der Waals surface area contributed by atoms with Crippen molar-refractivity contribution in [1.29, 1.82) is 0 Å². The maximum Gasteiger partial charge on any atom is 0.240 e. The van der Waals surface area contributed by atoms with Crippen LogP contribution in [0.5, 0.6) is 17.2 Å². The first-order chi connectivity index (χ1) is 11.1. The Morgan fingerprint density at radius 2 is 1.83 bits per heavy atom. The molecule has 1 saturated heterocycles. The monoisotopic (exact) mass is 358 g/mol. The van der Waals surface area contributed by atoms with E-state index in [9.17, 15) is 4.79 Å². The van der Waals surface area contributed by atoms with E-state index in [2.05, 4.69) is 10.6 Å². The van der Waals surface area contributed by atoms with Gasteiger partial charge >= 0.3 is 0 Å². The summed E-state index contributed by atoms with van der Waals surface area (Å²) in [5, 5.41) is 6.36. The molecule has 0 spiro atoms. The second kappa shape index (κ2) is 8.99. The van der Waals surface area contributed by atoms with Crippen molar-refractivity contribution in [1.82, 2.24) is 10.6 Å². The SMILES string of the molecule is CCC1(C(=O)NCc2cc(OC)c(OC)c(OC)c2)CCCN1.Cl. The van der Waals surface area contributed by atoms with Crippen molar-refractivity contribution >= 4 is 18.3 Å². The number of amides is 1. The van der Waals surface area contributed by atoms with Crippen molar-refractivity contribution in [3.63, 3.8) is 0 Å². The highest BCUT2D eigenvalue weighted by Gasteiger charge is 2.38. The van der Waals surface area contributed by atoms with Gasteiger partial charge in [0.05, 0.1) is 26.9 Å². The van der Waals surface area contributed by atoms with Gasteiger partial charge in [-0.3, -0.25) is 4.79 Å². The maximum absolute atomic E-state index is 12.5. The third kappa shape index (κ3) is 4.05. The molecular formula is C17H27ClN2O4. The number of rotatable bonds is 7. The fraction of sp³-hybridized carbons (Fsp3) is 0.588. The van der Waals surface area contributed by atoms with Crippen LogP contribution >= 0.6 is 12.4 Å². The minimum atomic E-state index is -0.430. The van der Waals surface area contributed by atoms with Crippen LogP contribution in [0.3, 0.4) is 0 Å². The first kappa shape index (κ1) is 20.4. The van der Waals surface area contributed by atoms with E-state index in [-0.39, 0.29) is 18.3 Å². The van der Waals surface area contributed by atoms with E-state index in [1.807, 2.05) is 19.1 Å². The summed E-state index contributed by atoms with van der Waals surface area (Å²) in [6.07, 6.45) is 2.70. The molecular weight excluding hydrogens is 332 g/mol. The Hall–Kier alpha value is -1.66. The van der Waals surface area contributed by atoms with Gasteiger partial charge in [0.15, 0.2) is 11.5 Å². The molecule has 0 saturated carbocycles. The van der Waals surface area contributed by atoms with Gasteiger partial charge < -0.3 is 24.8 Å². The number of carbonyl (C=O) groups excluding carboxylic acids is 1. The van der Waals surface area contributed by atoms with Crippen LogP contribution in [0.1, 0.15) is 31.7 Å².